The Kier molecular flexibility index (Phi) is 56.0. The van der Waals surface area contributed by atoms with Gasteiger partial charge in [0.05, 0.1) is 25.4 Å². The fraction of sp³-hybridized carbons (Fsp3) is 0.934. The number of unbranched alkanes of at least 4 members (excludes halogenated alkanes) is 44. The highest BCUT2D eigenvalue weighted by Gasteiger charge is 2.20. The van der Waals surface area contributed by atoms with Crippen LogP contribution >= 0.6 is 0 Å². The summed E-state index contributed by atoms with van der Waals surface area (Å²) in [6.07, 6.45) is 67.8. The van der Waals surface area contributed by atoms with E-state index in [9.17, 15) is 19.8 Å². The molecule has 1 amide bonds. The van der Waals surface area contributed by atoms with Gasteiger partial charge in [-0.15, -0.1) is 0 Å². The van der Waals surface area contributed by atoms with Gasteiger partial charge in [0.2, 0.25) is 5.91 Å². The monoisotopic (exact) mass is 946 g/mol. The molecular formula is C61H119NO5. The summed E-state index contributed by atoms with van der Waals surface area (Å²) in [6, 6.07) is -0.548. The van der Waals surface area contributed by atoms with E-state index in [1.54, 1.807) is 0 Å². The normalized spacial score (nSPS) is 12.6. The van der Waals surface area contributed by atoms with Crippen LogP contribution in [0.15, 0.2) is 12.2 Å². The molecule has 3 N–H and O–H groups in total. The van der Waals surface area contributed by atoms with Crippen LogP contribution in [0.1, 0.15) is 341 Å². The fourth-order valence-corrected chi connectivity index (χ4v) is 9.64. The Morgan fingerprint density at radius 2 is 0.701 bits per heavy atom. The molecular weight excluding hydrogens is 827 g/mol. The molecule has 0 saturated heterocycles. The van der Waals surface area contributed by atoms with Crippen molar-refractivity contribution in [2.45, 2.75) is 353 Å². The second kappa shape index (κ2) is 57.2. The molecule has 0 aromatic rings. The highest BCUT2D eigenvalue weighted by molar-refractivity contribution is 5.76. The van der Waals surface area contributed by atoms with Gasteiger partial charge < -0.3 is 20.3 Å². The standard InChI is InChI=1S/C61H119NO5/c1-3-5-7-9-11-13-15-17-19-26-29-33-37-41-45-49-53-59(64)58(57-63)62-60(65)54-50-46-42-38-34-30-27-23-21-20-22-24-28-32-36-40-44-48-52-56-67-61(66)55-51-47-43-39-35-31-25-18-16-14-12-10-8-6-4-2/h20-21,58-59,63-64H,3-19,22-57H2,1-2H3,(H,62,65)/b21-20-. The topological polar surface area (TPSA) is 95.9 Å². The van der Waals surface area contributed by atoms with Gasteiger partial charge in [0, 0.05) is 12.8 Å². The van der Waals surface area contributed by atoms with Gasteiger partial charge >= 0.3 is 5.97 Å². The molecule has 0 heterocycles. The van der Waals surface area contributed by atoms with Crippen molar-refractivity contribution in [2.75, 3.05) is 13.2 Å². The van der Waals surface area contributed by atoms with E-state index in [2.05, 4.69) is 31.3 Å². The van der Waals surface area contributed by atoms with Crippen LogP contribution in [0, 0.1) is 0 Å². The maximum Gasteiger partial charge on any atom is 0.305 e. The average Bonchev–Trinajstić information content (AvgIpc) is 3.33. The fourth-order valence-electron chi connectivity index (χ4n) is 9.64. The zero-order valence-corrected chi connectivity index (χ0v) is 45.4. The number of aliphatic hydroxyl groups is 2. The third-order valence-corrected chi connectivity index (χ3v) is 14.3. The lowest BCUT2D eigenvalue weighted by Gasteiger charge is -2.22. The molecule has 67 heavy (non-hydrogen) atoms. The summed E-state index contributed by atoms with van der Waals surface area (Å²) >= 11 is 0. The first-order valence-corrected chi connectivity index (χ1v) is 30.4. The number of esters is 1. The van der Waals surface area contributed by atoms with E-state index >= 15 is 0 Å². The third-order valence-electron chi connectivity index (χ3n) is 14.3. The van der Waals surface area contributed by atoms with Crippen molar-refractivity contribution in [1.29, 1.82) is 0 Å². The number of hydrogen-bond acceptors (Lipinski definition) is 5. The molecule has 0 bridgehead atoms. The molecule has 0 aliphatic rings. The lowest BCUT2D eigenvalue weighted by Crippen LogP contribution is -2.45. The molecule has 0 aliphatic carbocycles. The van der Waals surface area contributed by atoms with Gasteiger partial charge in [-0.3, -0.25) is 9.59 Å². The van der Waals surface area contributed by atoms with Crippen molar-refractivity contribution in [2.24, 2.45) is 0 Å². The van der Waals surface area contributed by atoms with E-state index in [0.717, 1.165) is 38.5 Å². The molecule has 0 aromatic heterocycles. The Balaban J connectivity index is 3.42. The summed E-state index contributed by atoms with van der Waals surface area (Å²) in [5, 5.41) is 23.3. The maximum atomic E-state index is 12.5. The Hall–Kier alpha value is -1.40. The van der Waals surface area contributed by atoms with Gasteiger partial charge in [0.15, 0.2) is 0 Å². The van der Waals surface area contributed by atoms with Gasteiger partial charge in [-0.05, 0) is 51.4 Å². The summed E-state index contributed by atoms with van der Waals surface area (Å²) in [4.78, 5) is 24.5. The summed E-state index contributed by atoms with van der Waals surface area (Å²) in [6.45, 7) is 4.97. The van der Waals surface area contributed by atoms with E-state index in [-0.39, 0.29) is 18.5 Å². The van der Waals surface area contributed by atoms with Crippen LogP contribution in [0.5, 0.6) is 0 Å². The molecule has 6 heteroatoms. The van der Waals surface area contributed by atoms with Crippen LogP contribution < -0.4 is 5.32 Å². The number of amides is 1. The van der Waals surface area contributed by atoms with Crippen LogP contribution in [0.4, 0.5) is 0 Å². The van der Waals surface area contributed by atoms with Crippen molar-refractivity contribution in [3.63, 3.8) is 0 Å². The first-order chi connectivity index (χ1) is 33.0. The molecule has 2 atom stereocenters. The molecule has 0 aliphatic heterocycles. The zero-order chi connectivity index (χ0) is 48.6. The Morgan fingerprint density at radius 1 is 0.403 bits per heavy atom. The number of aliphatic hydroxyl groups excluding tert-OH is 2. The SMILES string of the molecule is CCCCCCCCCCCCCCCCCCC(O)C(CO)NC(=O)CCCCCCCCC/C=C\CCCCCCCCCCOC(=O)CCCCCCCCCCCCCCCCC. The summed E-state index contributed by atoms with van der Waals surface area (Å²) in [5.74, 6) is -0.0344. The number of rotatable bonds is 57. The number of ether oxygens (including phenoxy) is 1. The van der Waals surface area contributed by atoms with Crippen LogP contribution in [0.2, 0.25) is 0 Å². The maximum absolute atomic E-state index is 12.5. The van der Waals surface area contributed by atoms with E-state index in [0.29, 0.717) is 25.9 Å². The highest BCUT2D eigenvalue weighted by atomic mass is 16.5. The van der Waals surface area contributed by atoms with Gasteiger partial charge in [-0.2, -0.15) is 0 Å². The lowest BCUT2D eigenvalue weighted by molar-refractivity contribution is -0.143. The molecule has 0 spiro atoms. The van der Waals surface area contributed by atoms with E-state index in [1.165, 1.54) is 270 Å². The zero-order valence-electron chi connectivity index (χ0n) is 45.4. The molecule has 0 radical (unpaired) electrons. The van der Waals surface area contributed by atoms with Gasteiger partial charge in [0.25, 0.3) is 0 Å². The average molecular weight is 947 g/mol. The van der Waals surface area contributed by atoms with Crippen molar-refractivity contribution >= 4 is 11.9 Å². The quantitative estimate of drug-likeness (QED) is 0.0321. The van der Waals surface area contributed by atoms with Crippen LogP contribution in [0.3, 0.4) is 0 Å². The number of allylic oxidation sites excluding steroid dienone is 2. The first kappa shape index (κ1) is 65.6. The second-order valence-electron chi connectivity index (χ2n) is 21.0. The summed E-state index contributed by atoms with van der Waals surface area (Å²) < 4.78 is 5.48. The molecule has 0 fully saturated rings. The van der Waals surface area contributed by atoms with Crippen LogP contribution in [-0.4, -0.2) is 47.4 Å². The minimum atomic E-state index is -0.670. The molecule has 2 unspecified atom stereocenters. The van der Waals surface area contributed by atoms with Gasteiger partial charge in [-0.1, -0.05) is 289 Å². The molecule has 0 aromatic carbocycles. The van der Waals surface area contributed by atoms with E-state index in [4.69, 9.17) is 4.74 Å². The van der Waals surface area contributed by atoms with Crippen molar-refractivity contribution in [3.05, 3.63) is 12.2 Å². The predicted octanol–water partition coefficient (Wildman–Crippen LogP) is 18.9. The van der Waals surface area contributed by atoms with E-state index in [1.807, 2.05) is 0 Å². The van der Waals surface area contributed by atoms with Crippen LogP contribution in [0.25, 0.3) is 0 Å². The first-order valence-electron chi connectivity index (χ1n) is 30.4. The predicted molar refractivity (Wildman–Crippen MR) is 292 cm³/mol. The third kappa shape index (κ3) is 53.8. The molecule has 398 valence electrons. The highest BCUT2D eigenvalue weighted by Crippen LogP contribution is 2.18. The smallest absolute Gasteiger partial charge is 0.305 e. The second-order valence-corrected chi connectivity index (χ2v) is 21.0. The lowest BCUT2D eigenvalue weighted by atomic mass is 10.0. The number of carbonyl (C=O) groups excluding carboxylic acids is 2. The van der Waals surface area contributed by atoms with E-state index < -0.39 is 12.1 Å². The van der Waals surface area contributed by atoms with Crippen molar-refractivity contribution in [1.82, 2.24) is 5.32 Å². The van der Waals surface area contributed by atoms with Crippen molar-refractivity contribution < 1.29 is 24.5 Å². The Labute approximate surface area is 419 Å². The Morgan fingerprint density at radius 3 is 1.06 bits per heavy atom. The summed E-state index contributed by atoms with van der Waals surface area (Å²) in [7, 11) is 0. The van der Waals surface area contributed by atoms with Gasteiger partial charge in [0.1, 0.15) is 0 Å². The molecule has 6 nitrogen and oxygen atoms in total. The largest absolute Gasteiger partial charge is 0.466 e. The molecule has 0 saturated carbocycles. The van der Waals surface area contributed by atoms with Crippen LogP contribution in [-0.2, 0) is 14.3 Å². The Bertz CT molecular complexity index is 1000. The van der Waals surface area contributed by atoms with Gasteiger partial charge in [-0.25, -0.2) is 0 Å². The number of nitrogens with one attached hydrogen (secondary N) is 1. The van der Waals surface area contributed by atoms with Crippen molar-refractivity contribution in [3.8, 4) is 0 Å². The minimum absolute atomic E-state index is 0.00757. The number of hydrogen-bond donors (Lipinski definition) is 3. The summed E-state index contributed by atoms with van der Waals surface area (Å²) in [5.41, 5.74) is 0. The minimum Gasteiger partial charge on any atom is -0.466 e. The number of carbonyl (C=O) groups is 2. The molecule has 0 rings (SSSR count).